The predicted molar refractivity (Wildman–Crippen MR) is 88.8 cm³/mol. The second-order valence-corrected chi connectivity index (χ2v) is 6.24. The van der Waals surface area contributed by atoms with Crippen molar-refractivity contribution in [2.75, 3.05) is 11.4 Å². The minimum absolute atomic E-state index is 0.0547. The van der Waals surface area contributed by atoms with Gasteiger partial charge in [-0.2, -0.15) is 0 Å². The average Bonchev–Trinajstić information content (AvgIpc) is 2.53. The zero-order valence-electron chi connectivity index (χ0n) is 12.4. The second-order valence-electron chi connectivity index (χ2n) is 5.43. The first-order valence-corrected chi connectivity index (χ1v) is 8.07. The monoisotopic (exact) mass is 371 g/mol. The Morgan fingerprint density at radius 2 is 1.83 bits per heavy atom. The van der Waals surface area contributed by atoms with Crippen LogP contribution >= 0.6 is 23.2 Å². The minimum Gasteiger partial charge on any atom is -0.485 e. The number of anilines is 1. The molecular weight excluding hydrogens is 359 g/mol. The molecule has 0 aromatic heterocycles. The fourth-order valence-corrected chi connectivity index (χ4v) is 3.23. The van der Waals surface area contributed by atoms with E-state index in [1.54, 1.807) is 18.2 Å². The zero-order chi connectivity index (χ0) is 17.3. The van der Waals surface area contributed by atoms with Crippen LogP contribution in [0, 0.1) is 11.6 Å². The lowest BCUT2D eigenvalue weighted by molar-refractivity contribution is -0.120. The largest absolute Gasteiger partial charge is 0.485 e. The molecule has 3 nitrogen and oxygen atoms in total. The molecule has 1 amide bonds. The van der Waals surface area contributed by atoms with Gasteiger partial charge in [0, 0.05) is 12.5 Å². The molecule has 1 heterocycles. The van der Waals surface area contributed by atoms with E-state index in [-0.39, 0.29) is 24.6 Å². The number of ether oxygens (including phenoxy) is 1. The number of piperidine rings is 1. The summed E-state index contributed by atoms with van der Waals surface area (Å²) in [5, 5.41) is 0.703. The first-order chi connectivity index (χ1) is 11.5. The number of halogens is 4. The molecule has 1 fully saturated rings. The highest BCUT2D eigenvalue weighted by Crippen LogP contribution is 2.36. The fourth-order valence-electron chi connectivity index (χ4n) is 2.63. The molecule has 0 spiro atoms. The van der Waals surface area contributed by atoms with Crippen molar-refractivity contribution in [3.8, 4) is 5.75 Å². The third-order valence-electron chi connectivity index (χ3n) is 3.76. The van der Waals surface area contributed by atoms with Crippen molar-refractivity contribution in [1.82, 2.24) is 0 Å². The fraction of sp³-hybridized carbons (Fsp3) is 0.235. The van der Waals surface area contributed by atoms with Crippen molar-refractivity contribution in [2.45, 2.75) is 18.9 Å². The maximum atomic E-state index is 13.7. The highest BCUT2D eigenvalue weighted by molar-refractivity contribution is 6.39. The third-order valence-corrected chi connectivity index (χ3v) is 4.37. The van der Waals surface area contributed by atoms with Gasteiger partial charge in [0.15, 0.2) is 11.6 Å². The van der Waals surface area contributed by atoms with Crippen LogP contribution in [0.1, 0.15) is 12.8 Å². The molecule has 1 atom stereocenters. The summed E-state index contributed by atoms with van der Waals surface area (Å²) in [6.45, 7) is 0.180. The molecule has 0 saturated carbocycles. The summed E-state index contributed by atoms with van der Waals surface area (Å²) in [5.74, 6) is -1.65. The maximum absolute atomic E-state index is 13.7. The van der Waals surface area contributed by atoms with Crippen molar-refractivity contribution in [3.05, 3.63) is 58.1 Å². The van der Waals surface area contributed by atoms with Gasteiger partial charge in [-0.05, 0) is 30.7 Å². The van der Waals surface area contributed by atoms with Gasteiger partial charge in [0.1, 0.15) is 11.9 Å². The van der Waals surface area contributed by atoms with Gasteiger partial charge in [0.05, 0.1) is 22.3 Å². The molecule has 3 rings (SSSR count). The van der Waals surface area contributed by atoms with Crippen LogP contribution in [0.5, 0.6) is 5.75 Å². The first kappa shape index (κ1) is 17.0. The Morgan fingerprint density at radius 3 is 2.50 bits per heavy atom. The van der Waals surface area contributed by atoms with E-state index < -0.39 is 17.7 Å². The van der Waals surface area contributed by atoms with Gasteiger partial charge in [-0.1, -0.05) is 29.3 Å². The number of para-hydroxylation sites is 1. The molecule has 1 aliphatic rings. The summed E-state index contributed by atoms with van der Waals surface area (Å²) >= 11 is 12.3. The normalized spacial score (nSPS) is 17.9. The SMILES string of the molecule is O=C1CCC(Oc2ccc(F)cc2F)CN1c1c(Cl)cccc1Cl. The Morgan fingerprint density at radius 1 is 1.12 bits per heavy atom. The number of hydrogen-bond donors (Lipinski definition) is 0. The summed E-state index contributed by atoms with van der Waals surface area (Å²) < 4.78 is 32.3. The molecule has 1 saturated heterocycles. The smallest absolute Gasteiger partial charge is 0.227 e. The summed E-state index contributed by atoms with van der Waals surface area (Å²) in [5.41, 5.74) is 0.415. The molecule has 0 aliphatic carbocycles. The summed E-state index contributed by atoms with van der Waals surface area (Å²) in [6, 6.07) is 8.07. The summed E-state index contributed by atoms with van der Waals surface area (Å²) in [6.07, 6.45) is 0.193. The number of nitrogens with zero attached hydrogens (tertiary/aromatic N) is 1. The molecule has 1 aliphatic heterocycles. The van der Waals surface area contributed by atoms with E-state index >= 15 is 0 Å². The van der Waals surface area contributed by atoms with Gasteiger partial charge in [0.25, 0.3) is 0 Å². The minimum atomic E-state index is -0.783. The van der Waals surface area contributed by atoms with Crippen LogP contribution in [0.25, 0.3) is 0 Å². The van der Waals surface area contributed by atoms with Crippen molar-refractivity contribution in [2.24, 2.45) is 0 Å². The molecule has 1 unspecified atom stereocenters. The van der Waals surface area contributed by atoms with Crippen LogP contribution < -0.4 is 9.64 Å². The molecule has 2 aromatic carbocycles. The lowest BCUT2D eigenvalue weighted by atomic mass is 10.1. The van der Waals surface area contributed by atoms with Gasteiger partial charge in [-0.15, -0.1) is 0 Å². The van der Waals surface area contributed by atoms with E-state index in [9.17, 15) is 13.6 Å². The van der Waals surface area contributed by atoms with Gasteiger partial charge in [0.2, 0.25) is 5.91 Å². The second kappa shape index (κ2) is 6.95. The van der Waals surface area contributed by atoms with Crippen molar-refractivity contribution in [3.63, 3.8) is 0 Å². The Labute approximate surface area is 147 Å². The Kier molecular flexibility index (Phi) is 4.92. The summed E-state index contributed by atoms with van der Waals surface area (Å²) in [4.78, 5) is 13.7. The van der Waals surface area contributed by atoms with Crippen molar-refractivity contribution >= 4 is 34.8 Å². The van der Waals surface area contributed by atoms with Crippen LogP contribution in [-0.2, 0) is 4.79 Å². The number of carbonyl (C=O) groups excluding carboxylic acids is 1. The van der Waals surface area contributed by atoms with Crippen LogP contribution in [0.4, 0.5) is 14.5 Å². The molecule has 0 bridgehead atoms. The van der Waals surface area contributed by atoms with Crippen LogP contribution in [0.15, 0.2) is 36.4 Å². The number of carbonyl (C=O) groups is 1. The Bertz CT molecular complexity index is 765. The molecular formula is C17H13Cl2F2NO2. The van der Waals surface area contributed by atoms with E-state index in [0.717, 1.165) is 12.1 Å². The molecule has 0 radical (unpaired) electrons. The van der Waals surface area contributed by atoms with Crippen LogP contribution in [0.3, 0.4) is 0 Å². The number of rotatable bonds is 3. The van der Waals surface area contributed by atoms with Crippen LogP contribution in [0.2, 0.25) is 10.0 Å². The molecule has 24 heavy (non-hydrogen) atoms. The molecule has 0 N–H and O–H groups in total. The quantitative estimate of drug-likeness (QED) is 0.771. The number of hydrogen-bond acceptors (Lipinski definition) is 2. The van der Waals surface area contributed by atoms with E-state index in [0.29, 0.717) is 22.2 Å². The third kappa shape index (κ3) is 3.47. The van der Waals surface area contributed by atoms with Crippen molar-refractivity contribution < 1.29 is 18.3 Å². The summed E-state index contributed by atoms with van der Waals surface area (Å²) in [7, 11) is 0. The highest BCUT2D eigenvalue weighted by atomic mass is 35.5. The lowest BCUT2D eigenvalue weighted by Gasteiger charge is -2.33. The maximum Gasteiger partial charge on any atom is 0.227 e. The van der Waals surface area contributed by atoms with Crippen LogP contribution in [-0.4, -0.2) is 18.6 Å². The predicted octanol–water partition coefficient (Wildman–Crippen LogP) is 4.85. The zero-order valence-corrected chi connectivity index (χ0v) is 14.0. The number of benzene rings is 2. The van der Waals surface area contributed by atoms with E-state index in [2.05, 4.69) is 0 Å². The lowest BCUT2D eigenvalue weighted by Crippen LogP contribution is -2.45. The first-order valence-electron chi connectivity index (χ1n) is 7.32. The van der Waals surface area contributed by atoms with Gasteiger partial charge < -0.3 is 9.64 Å². The Hall–Kier alpha value is -1.85. The number of amides is 1. The van der Waals surface area contributed by atoms with E-state index in [4.69, 9.17) is 27.9 Å². The Balaban J connectivity index is 1.82. The topological polar surface area (TPSA) is 29.5 Å². The van der Waals surface area contributed by atoms with E-state index in [1.165, 1.54) is 11.0 Å². The highest BCUT2D eigenvalue weighted by Gasteiger charge is 2.31. The van der Waals surface area contributed by atoms with Gasteiger partial charge in [-0.3, -0.25) is 4.79 Å². The van der Waals surface area contributed by atoms with Gasteiger partial charge >= 0.3 is 0 Å². The standard InChI is InChI=1S/C17H13Cl2F2NO2/c18-12-2-1-3-13(19)17(12)22-9-11(5-7-16(22)23)24-15-6-4-10(20)8-14(15)21/h1-4,6,8,11H,5,7,9H2. The molecule has 7 heteroatoms. The average molecular weight is 372 g/mol. The van der Waals surface area contributed by atoms with E-state index in [1.807, 2.05) is 0 Å². The molecule has 2 aromatic rings. The van der Waals surface area contributed by atoms with Crippen molar-refractivity contribution in [1.29, 1.82) is 0 Å². The molecule has 126 valence electrons. The van der Waals surface area contributed by atoms with Gasteiger partial charge in [-0.25, -0.2) is 8.78 Å².